The van der Waals surface area contributed by atoms with Crippen molar-refractivity contribution in [3.63, 3.8) is 0 Å². The predicted octanol–water partition coefficient (Wildman–Crippen LogP) is 27.2. The third kappa shape index (κ3) is 9.29. The maximum Gasteiger partial charge on any atom is 0.00789 e. The summed E-state index contributed by atoms with van der Waals surface area (Å²) in [7, 11) is 0. The molecule has 3 aromatic carbocycles. The second kappa shape index (κ2) is 22.2. The van der Waals surface area contributed by atoms with E-state index in [2.05, 4.69) is 298 Å². The Labute approximate surface area is 551 Å². The van der Waals surface area contributed by atoms with Gasteiger partial charge in [0.05, 0.1) is 0 Å². The number of fused-ring (bicyclic) bond motifs is 5. The van der Waals surface area contributed by atoms with Crippen LogP contribution in [0.1, 0.15) is 315 Å². The predicted molar refractivity (Wildman–Crippen MR) is 397 cm³/mol. The van der Waals surface area contributed by atoms with Crippen LogP contribution in [0.3, 0.4) is 0 Å². The van der Waals surface area contributed by atoms with E-state index in [9.17, 15) is 0 Å². The van der Waals surface area contributed by atoms with Crippen molar-refractivity contribution < 1.29 is 0 Å². The maximum atomic E-state index is 2.51. The zero-order chi connectivity index (χ0) is 68.9. The third-order valence-corrected chi connectivity index (χ3v) is 31.7. The van der Waals surface area contributed by atoms with E-state index < -0.39 is 0 Å². The number of hydrogen-bond acceptors (Lipinski definition) is 0. The Morgan fingerprint density at radius 1 is 0.191 bits per heavy atom. The minimum Gasteiger partial charge on any atom is -0.0632 e. The molecule has 11 rings (SSSR count). The zero-order valence-corrected chi connectivity index (χ0v) is 66.4. The van der Waals surface area contributed by atoms with Crippen LogP contribution in [0.5, 0.6) is 0 Å². The molecule has 8 aliphatic carbocycles. The van der Waals surface area contributed by atoms with Crippen molar-refractivity contribution >= 4 is 5.57 Å². The van der Waals surface area contributed by atoms with Crippen molar-refractivity contribution in [2.75, 3.05) is 0 Å². The third-order valence-electron chi connectivity index (χ3n) is 31.7. The van der Waals surface area contributed by atoms with Crippen molar-refractivity contribution in [2.45, 2.75) is 310 Å². The van der Waals surface area contributed by atoms with Gasteiger partial charge >= 0.3 is 0 Å². The molecule has 2 atom stereocenters. The Balaban J connectivity index is 0.000000162. The van der Waals surface area contributed by atoms with E-state index in [1.807, 2.05) is 0 Å². The fraction of sp³-hybridized carbons (Fsp3) is 0.640. The van der Waals surface area contributed by atoms with Crippen LogP contribution in [0.4, 0.5) is 0 Å². The molecule has 0 amide bonds. The number of allylic oxidation sites excluding steroid dienone is 14. The van der Waals surface area contributed by atoms with Crippen LogP contribution in [0.25, 0.3) is 16.7 Å². The van der Waals surface area contributed by atoms with Crippen LogP contribution >= 0.6 is 0 Å². The molecule has 0 heteroatoms. The first-order chi connectivity index (χ1) is 40.0. The first-order valence-corrected chi connectivity index (χ1v) is 35.3. The van der Waals surface area contributed by atoms with Gasteiger partial charge in [0.25, 0.3) is 0 Å². The fourth-order valence-corrected chi connectivity index (χ4v) is 20.2. The lowest BCUT2D eigenvalue weighted by molar-refractivity contribution is 0.0544. The maximum absolute atomic E-state index is 2.51. The summed E-state index contributed by atoms with van der Waals surface area (Å²) in [6.07, 6.45) is 0. The summed E-state index contributed by atoms with van der Waals surface area (Å²) in [6.45, 7) is 102. The van der Waals surface area contributed by atoms with E-state index in [1.54, 1.807) is 78.0 Å². The molecule has 0 aromatic heterocycles. The van der Waals surface area contributed by atoms with Crippen LogP contribution in [0.15, 0.2) is 72.5 Å². The molecule has 89 heavy (non-hydrogen) atoms. The highest BCUT2D eigenvalue weighted by molar-refractivity contribution is 5.88. The van der Waals surface area contributed by atoms with Crippen molar-refractivity contribution in [2.24, 2.45) is 66.5 Å². The average Bonchev–Trinajstić information content (AvgIpc) is 1.49. The Morgan fingerprint density at radius 3 is 0.708 bits per heavy atom. The SMILES string of the molecule is CC1=C(C)C(C)C(C)=C1C.CC1=C(C)C(C)C2=C1C(C)(C)C(C)(C)C2(C)C.CC1=C(C)C(C)c2c(C)c(C)c(C)c(C)c21.CC1C2=C(C3=C1C(C)(C)C(C)(C)C3(C)C)C(C)(C)C(C)(C)C2(C)C.Cc1c(C)c(C)c2c(c1C)-c1c(C)c(C)c(C)c(C)c1C2C. The van der Waals surface area contributed by atoms with Gasteiger partial charge in [0.15, 0.2) is 0 Å². The van der Waals surface area contributed by atoms with Crippen LogP contribution in [0.2, 0.25) is 0 Å². The van der Waals surface area contributed by atoms with Crippen molar-refractivity contribution in [1.82, 2.24) is 0 Å². The first-order valence-electron chi connectivity index (χ1n) is 35.3. The molecule has 490 valence electrons. The van der Waals surface area contributed by atoms with Gasteiger partial charge in [-0.05, 0) is 338 Å². The summed E-state index contributed by atoms with van der Waals surface area (Å²) in [5, 5.41) is 0. The highest BCUT2D eigenvalue weighted by atomic mass is 14.7. The number of rotatable bonds is 0. The van der Waals surface area contributed by atoms with Gasteiger partial charge in [-0.1, -0.05) is 198 Å². The summed E-state index contributed by atoms with van der Waals surface area (Å²) in [4.78, 5) is 0. The zero-order valence-electron chi connectivity index (χ0n) is 66.4. The topological polar surface area (TPSA) is 0 Å². The average molecular weight is 1200 g/mol. The smallest absolute Gasteiger partial charge is 0.00789 e. The molecule has 0 saturated carbocycles. The van der Waals surface area contributed by atoms with Crippen LogP contribution < -0.4 is 0 Å². The molecular formula is C89H134. The van der Waals surface area contributed by atoms with Gasteiger partial charge in [0, 0.05) is 17.8 Å². The van der Waals surface area contributed by atoms with Crippen molar-refractivity contribution in [1.29, 1.82) is 0 Å². The van der Waals surface area contributed by atoms with Gasteiger partial charge in [-0.3, -0.25) is 0 Å². The number of benzene rings is 3. The molecule has 8 aliphatic rings. The van der Waals surface area contributed by atoms with Crippen LogP contribution in [-0.2, 0) is 0 Å². The van der Waals surface area contributed by atoms with E-state index in [4.69, 9.17) is 0 Å². The Kier molecular flexibility index (Phi) is 18.1. The minimum atomic E-state index is 0.213. The van der Waals surface area contributed by atoms with Gasteiger partial charge < -0.3 is 0 Å². The van der Waals surface area contributed by atoms with E-state index in [1.165, 1.54) is 100 Å². The largest absolute Gasteiger partial charge is 0.0632 e. The highest BCUT2D eigenvalue weighted by Gasteiger charge is 2.70. The molecule has 0 spiro atoms. The monoisotopic (exact) mass is 1200 g/mol. The first kappa shape index (κ1) is 72.3. The molecule has 0 nitrogen and oxygen atoms in total. The van der Waals surface area contributed by atoms with Gasteiger partial charge in [-0.25, -0.2) is 0 Å². The lowest BCUT2D eigenvalue weighted by atomic mass is 9.55. The second-order valence-corrected chi connectivity index (χ2v) is 35.7. The molecule has 0 radical (unpaired) electrons. The van der Waals surface area contributed by atoms with E-state index in [0.29, 0.717) is 40.4 Å². The Hall–Kier alpha value is -4.16. The molecule has 3 aromatic rings. The molecular weight excluding hydrogens is 1070 g/mol. The summed E-state index contributed by atoms with van der Waals surface area (Å²) in [5.41, 5.74) is 52.1. The van der Waals surface area contributed by atoms with Gasteiger partial charge in [-0.2, -0.15) is 0 Å². The standard InChI is InChI=1S/C24H40.C22H28.C17H28.C16H22.C10H16/c1-14-15-17(21(6,7)23(10,11)19(15,2)3)18-16(14)20(4,5)24(12,13)22(18,8)9;1-10-12(3)16(7)21-19(14(10)5)18(9)20-15(6)11(2)13(4)17(8)22(20)21;1-10-11(2)13-14(12(10)3)16(6,7)17(8,9)15(13,4)5;1-8-9(2)12(5)16-14(7)10(3)13(6)15(16)11(8)4;1-6-7(2)9(4)10(5)8(6)3/h14H,1-13H3;18H,1-9H3;11H,1-9H3;13H,1-7H3;6H,1-5H3. The molecule has 0 fully saturated rings. The summed E-state index contributed by atoms with van der Waals surface area (Å²) >= 11 is 0. The normalized spacial score (nSPS) is 24.7. The van der Waals surface area contributed by atoms with E-state index in [-0.39, 0.29) is 37.9 Å². The molecule has 0 N–H and O–H groups in total. The molecule has 0 bridgehead atoms. The minimum absolute atomic E-state index is 0.213. The molecule has 0 saturated heterocycles. The lowest BCUT2D eigenvalue weighted by Crippen LogP contribution is -2.41. The fourth-order valence-electron chi connectivity index (χ4n) is 20.2. The summed E-state index contributed by atoms with van der Waals surface area (Å²) < 4.78 is 0. The van der Waals surface area contributed by atoms with Gasteiger partial charge in [0.1, 0.15) is 0 Å². The van der Waals surface area contributed by atoms with Crippen molar-refractivity contribution in [3.8, 4) is 11.1 Å². The molecule has 2 unspecified atom stereocenters. The van der Waals surface area contributed by atoms with Crippen LogP contribution in [0, 0.1) is 150 Å². The quantitative estimate of drug-likeness (QED) is 0.210. The van der Waals surface area contributed by atoms with E-state index >= 15 is 0 Å². The number of hydrogen-bond donors (Lipinski definition) is 0. The lowest BCUT2D eigenvalue weighted by Gasteiger charge is -2.48. The van der Waals surface area contributed by atoms with Gasteiger partial charge in [-0.15, -0.1) is 0 Å². The molecule has 0 heterocycles. The highest BCUT2D eigenvalue weighted by Crippen LogP contribution is 2.79. The second-order valence-electron chi connectivity index (χ2n) is 35.7. The summed E-state index contributed by atoms with van der Waals surface area (Å²) in [5.74, 6) is 3.04. The van der Waals surface area contributed by atoms with Crippen LogP contribution in [-0.4, -0.2) is 0 Å². The van der Waals surface area contributed by atoms with Gasteiger partial charge in [0.2, 0.25) is 0 Å². The molecule has 0 aliphatic heterocycles. The Bertz CT molecular complexity index is 3620. The van der Waals surface area contributed by atoms with E-state index in [0.717, 1.165) is 0 Å². The summed E-state index contributed by atoms with van der Waals surface area (Å²) in [6, 6.07) is 0. The van der Waals surface area contributed by atoms with Crippen molar-refractivity contribution in [3.05, 3.63) is 161 Å². The Morgan fingerprint density at radius 2 is 0.427 bits per heavy atom.